The molecule has 0 aromatic heterocycles. The number of halogens is 1. The Kier molecular flexibility index (Phi) is 6.90. The first-order valence-electron chi connectivity index (χ1n) is 7.57. The highest BCUT2D eigenvalue weighted by Crippen LogP contribution is 2.33. The molecule has 0 spiro atoms. The molecule has 7 heteroatoms. The molecule has 0 N–H and O–H groups in total. The quantitative estimate of drug-likeness (QED) is 0.395. The van der Waals surface area contributed by atoms with E-state index in [1.807, 2.05) is 0 Å². The molecular weight excluding hydrogens is 355 g/mol. The predicted molar refractivity (Wildman–Crippen MR) is 96.0 cm³/mol. The molecule has 0 unspecified atom stereocenters. The van der Waals surface area contributed by atoms with E-state index in [4.69, 9.17) is 9.47 Å². The maximum absolute atomic E-state index is 14.0. The molecule has 0 aliphatic carbocycles. The molecule has 0 saturated heterocycles. The van der Waals surface area contributed by atoms with E-state index in [9.17, 15) is 14.0 Å². The van der Waals surface area contributed by atoms with Crippen LogP contribution in [0.25, 0.3) is 10.8 Å². The molecule has 2 aromatic rings. The van der Waals surface area contributed by atoms with E-state index in [1.54, 1.807) is 18.2 Å². The second-order valence-electron chi connectivity index (χ2n) is 4.82. The Morgan fingerprint density at radius 1 is 0.815 bits per heavy atom. The average Bonchev–Trinajstić information content (AvgIpc) is 2.68. The molecule has 0 bridgehead atoms. The van der Waals surface area contributed by atoms with Gasteiger partial charge in [0.1, 0.15) is 42.4 Å². The van der Waals surface area contributed by atoms with Gasteiger partial charge in [-0.05, 0) is 12.1 Å². The maximum atomic E-state index is 14.0. The summed E-state index contributed by atoms with van der Waals surface area (Å²) in [5.74, 6) is -1.36. The molecule has 138 valence electrons. The Balaban J connectivity index is 2.23. The van der Waals surface area contributed by atoms with Gasteiger partial charge < -0.3 is 18.9 Å². The van der Waals surface area contributed by atoms with Crippen molar-refractivity contribution in [3.8, 4) is 11.5 Å². The smallest absolute Gasteiger partial charge is 0.335 e. The van der Waals surface area contributed by atoms with Gasteiger partial charge in [0.05, 0.1) is 0 Å². The lowest BCUT2D eigenvalue weighted by atomic mass is 10.1. The first kappa shape index (κ1) is 19.5. The summed E-state index contributed by atoms with van der Waals surface area (Å²) in [5, 5.41) is 0.966. The van der Waals surface area contributed by atoms with Crippen molar-refractivity contribution in [3.05, 3.63) is 86.5 Å². The third-order valence-corrected chi connectivity index (χ3v) is 3.09. The first-order valence-corrected chi connectivity index (χ1v) is 7.57. The molecule has 0 saturated carbocycles. The highest BCUT2D eigenvalue weighted by Gasteiger charge is 2.09. The molecule has 2 rings (SSSR count). The maximum Gasteiger partial charge on any atom is 0.335 e. The summed E-state index contributed by atoms with van der Waals surface area (Å²) in [6, 6.07) is 7.42. The standard InChI is InChI=1S/C20H15FO6/c1-3-19(22)26-10-8-24-17-7-5-6-15-16(17)12-14(21)13-18(15)25-9-11-27-20(23)4-2/h3-13H,1-2H2/b10-8-,11-9-. The highest BCUT2D eigenvalue weighted by molar-refractivity contribution is 5.93. The van der Waals surface area contributed by atoms with E-state index < -0.39 is 17.8 Å². The third kappa shape index (κ3) is 5.57. The van der Waals surface area contributed by atoms with Gasteiger partial charge in [0.25, 0.3) is 0 Å². The first-order chi connectivity index (χ1) is 13.0. The number of hydrogen-bond donors (Lipinski definition) is 0. The number of hydrogen-bond acceptors (Lipinski definition) is 6. The normalized spacial score (nSPS) is 10.7. The number of ether oxygens (including phenoxy) is 4. The van der Waals surface area contributed by atoms with Gasteiger partial charge in [0, 0.05) is 29.0 Å². The van der Waals surface area contributed by atoms with Crippen LogP contribution in [0.2, 0.25) is 0 Å². The van der Waals surface area contributed by atoms with Gasteiger partial charge in [0.15, 0.2) is 0 Å². The van der Waals surface area contributed by atoms with Gasteiger partial charge in [-0.15, -0.1) is 0 Å². The summed E-state index contributed by atoms with van der Waals surface area (Å²) in [7, 11) is 0. The minimum absolute atomic E-state index is 0.184. The molecule has 6 nitrogen and oxygen atoms in total. The monoisotopic (exact) mass is 370 g/mol. The SMILES string of the molecule is C=CC(=O)O/C=C\Oc1cc(F)cc2c(O/C=C\OC(=O)C=C)cccc12. The van der Waals surface area contributed by atoms with Crippen LogP contribution in [0, 0.1) is 5.82 Å². The molecule has 0 heterocycles. The number of rotatable bonds is 8. The van der Waals surface area contributed by atoms with Gasteiger partial charge in [-0.25, -0.2) is 14.0 Å². The van der Waals surface area contributed by atoms with Crippen molar-refractivity contribution >= 4 is 22.7 Å². The number of esters is 2. The lowest BCUT2D eigenvalue weighted by molar-refractivity contribution is -0.133. The van der Waals surface area contributed by atoms with Crippen molar-refractivity contribution in [2.75, 3.05) is 0 Å². The van der Waals surface area contributed by atoms with Gasteiger partial charge >= 0.3 is 11.9 Å². The molecule has 0 aliphatic rings. The Bertz CT molecular complexity index is 929. The second kappa shape index (κ2) is 9.57. The second-order valence-corrected chi connectivity index (χ2v) is 4.82. The van der Waals surface area contributed by atoms with Crippen molar-refractivity contribution in [2.24, 2.45) is 0 Å². The van der Waals surface area contributed by atoms with Gasteiger partial charge in [-0.1, -0.05) is 25.3 Å². The van der Waals surface area contributed by atoms with Gasteiger partial charge in [-0.2, -0.15) is 0 Å². The van der Waals surface area contributed by atoms with Crippen LogP contribution in [-0.4, -0.2) is 11.9 Å². The van der Waals surface area contributed by atoms with Crippen molar-refractivity contribution in [3.63, 3.8) is 0 Å². The Hall–Kier alpha value is -3.87. The summed E-state index contributed by atoms with van der Waals surface area (Å²) in [6.07, 6.45) is 6.27. The Morgan fingerprint density at radius 3 is 2.00 bits per heavy atom. The zero-order valence-electron chi connectivity index (χ0n) is 14.1. The van der Waals surface area contributed by atoms with Crippen LogP contribution in [-0.2, 0) is 19.1 Å². The van der Waals surface area contributed by atoms with Crippen LogP contribution in [0.4, 0.5) is 4.39 Å². The summed E-state index contributed by atoms with van der Waals surface area (Å²) < 4.78 is 34.0. The van der Waals surface area contributed by atoms with Crippen molar-refractivity contribution < 1.29 is 32.9 Å². The minimum Gasteiger partial charge on any atom is -0.461 e. The van der Waals surface area contributed by atoms with Crippen LogP contribution in [0.1, 0.15) is 0 Å². The zero-order valence-corrected chi connectivity index (χ0v) is 14.1. The topological polar surface area (TPSA) is 71.1 Å². The molecule has 0 fully saturated rings. The molecule has 0 atom stereocenters. The highest BCUT2D eigenvalue weighted by atomic mass is 19.1. The van der Waals surface area contributed by atoms with Crippen molar-refractivity contribution in [2.45, 2.75) is 0 Å². The Labute approximate surface area is 154 Å². The summed E-state index contributed by atoms with van der Waals surface area (Å²) in [6.45, 7) is 6.51. The fraction of sp³-hybridized carbons (Fsp3) is 0. The lowest BCUT2D eigenvalue weighted by Crippen LogP contribution is -1.94. The number of carbonyl (C=O) groups excluding carboxylic acids is 2. The van der Waals surface area contributed by atoms with Gasteiger partial charge in [0.2, 0.25) is 0 Å². The lowest BCUT2D eigenvalue weighted by Gasteiger charge is -2.09. The molecule has 0 aliphatic heterocycles. The molecule has 2 aromatic carbocycles. The van der Waals surface area contributed by atoms with Crippen molar-refractivity contribution in [1.82, 2.24) is 0 Å². The van der Waals surface area contributed by atoms with Crippen LogP contribution in [0.5, 0.6) is 11.5 Å². The fourth-order valence-electron chi connectivity index (χ4n) is 1.98. The van der Waals surface area contributed by atoms with E-state index in [0.29, 0.717) is 16.5 Å². The van der Waals surface area contributed by atoms with E-state index >= 15 is 0 Å². The largest absolute Gasteiger partial charge is 0.461 e. The third-order valence-electron chi connectivity index (χ3n) is 3.09. The predicted octanol–water partition coefficient (Wildman–Crippen LogP) is 4.14. The molecule has 0 radical (unpaired) electrons. The Morgan fingerprint density at radius 2 is 1.41 bits per heavy atom. The molecule has 27 heavy (non-hydrogen) atoms. The van der Waals surface area contributed by atoms with E-state index in [-0.39, 0.29) is 5.75 Å². The summed E-state index contributed by atoms with van der Waals surface area (Å²) >= 11 is 0. The minimum atomic E-state index is -0.654. The molecular formula is C20H15FO6. The van der Waals surface area contributed by atoms with Crippen molar-refractivity contribution in [1.29, 1.82) is 0 Å². The van der Waals surface area contributed by atoms with Crippen LogP contribution in [0.3, 0.4) is 0 Å². The number of carbonyl (C=O) groups is 2. The van der Waals surface area contributed by atoms with E-state index in [1.165, 1.54) is 12.1 Å². The summed E-state index contributed by atoms with van der Waals surface area (Å²) in [5.41, 5.74) is 0. The fourth-order valence-corrected chi connectivity index (χ4v) is 1.98. The number of benzene rings is 2. The van der Waals surface area contributed by atoms with E-state index in [0.717, 1.165) is 37.2 Å². The summed E-state index contributed by atoms with van der Waals surface area (Å²) in [4.78, 5) is 21.9. The molecule has 0 amide bonds. The van der Waals surface area contributed by atoms with Crippen LogP contribution >= 0.6 is 0 Å². The van der Waals surface area contributed by atoms with Gasteiger partial charge in [-0.3, -0.25) is 0 Å². The van der Waals surface area contributed by atoms with Crippen LogP contribution in [0.15, 0.2) is 80.7 Å². The average molecular weight is 370 g/mol. The van der Waals surface area contributed by atoms with Crippen LogP contribution < -0.4 is 9.47 Å². The number of fused-ring (bicyclic) bond motifs is 1. The zero-order chi connectivity index (χ0) is 19.6. The van der Waals surface area contributed by atoms with E-state index in [2.05, 4.69) is 22.6 Å².